The Bertz CT molecular complexity index is 208. The van der Waals surface area contributed by atoms with Gasteiger partial charge < -0.3 is 11.1 Å². The molecule has 14 heavy (non-hydrogen) atoms. The topological polar surface area (TPSA) is 55.1 Å². The third-order valence-corrected chi connectivity index (χ3v) is 3.15. The number of rotatable bonds is 3. The van der Waals surface area contributed by atoms with E-state index >= 15 is 0 Å². The number of nitrogens with one attached hydrogen (secondary N) is 1. The zero-order valence-corrected chi connectivity index (χ0v) is 9.47. The maximum Gasteiger partial charge on any atom is 0.239 e. The molecule has 82 valence electrons. The van der Waals surface area contributed by atoms with Gasteiger partial charge in [0.05, 0.1) is 5.54 Å². The van der Waals surface area contributed by atoms with Crippen LogP contribution in [0, 0.1) is 11.8 Å². The maximum atomic E-state index is 11.5. The molecule has 0 heterocycles. The Labute approximate surface area is 86.4 Å². The Balaban J connectivity index is 2.30. The summed E-state index contributed by atoms with van der Waals surface area (Å²) in [6.45, 7) is 6.53. The van der Waals surface area contributed by atoms with Gasteiger partial charge in [-0.05, 0) is 32.1 Å². The molecule has 0 aromatic heterocycles. The van der Waals surface area contributed by atoms with E-state index in [-0.39, 0.29) is 5.91 Å². The van der Waals surface area contributed by atoms with Gasteiger partial charge >= 0.3 is 0 Å². The smallest absolute Gasteiger partial charge is 0.239 e. The van der Waals surface area contributed by atoms with Crippen LogP contribution >= 0.6 is 0 Å². The molecule has 0 aromatic rings. The minimum Gasteiger partial charge on any atom is -0.354 e. The highest BCUT2D eigenvalue weighted by Crippen LogP contribution is 2.30. The molecule has 0 saturated heterocycles. The van der Waals surface area contributed by atoms with Crippen molar-refractivity contribution in [3.05, 3.63) is 0 Å². The van der Waals surface area contributed by atoms with E-state index < -0.39 is 5.54 Å². The molecule has 2 unspecified atom stereocenters. The molecule has 2 atom stereocenters. The van der Waals surface area contributed by atoms with Crippen molar-refractivity contribution in [2.24, 2.45) is 17.6 Å². The van der Waals surface area contributed by atoms with Gasteiger partial charge in [-0.15, -0.1) is 0 Å². The fraction of sp³-hybridized carbons (Fsp3) is 0.909. The highest BCUT2D eigenvalue weighted by Gasteiger charge is 2.26. The summed E-state index contributed by atoms with van der Waals surface area (Å²) in [6, 6.07) is 0. The molecular formula is C11H22N2O. The number of carbonyl (C=O) groups is 1. The lowest BCUT2D eigenvalue weighted by Gasteiger charge is -2.21. The van der Waals surface area contributed by atoms with Crippen LogP contribution in [-0.4, -0.2) is 18.0 Å². The molecule has 1 amide bonds. The van der Waals surface area contributed by atoms with Crippen LogP contribution in [-0.2, 0) is 4.79 Å². The number of carbonyl (C=O) groups excluding carboxylic acids is 1. The molecular weight excluding hydrogens is 176 g/mol. The highest BCUT2D eigenvalue weighted by atomic mass is 16.2. The largest absolute Gasteiger partial charge is 0.354 e. The Morgan fingerprint density at radius 3 is 2.57 bits per heavy atom. The van der Waals surface area contributed by atoms with Crippen molar-refractivity contribution >= 4 is 5.91 Å². The molecule has 0 aliphatic heterocycles. The van der Waals surface area contributed by atoms with E-state index in [4.69, 9.17) is 5.73 Å². The number of hydrogen-bond donors (Lipinski definition) is 2. The van der Waals surface area contributed by atoms with Crippen LogP contribution in [0.5, 0.6) is 0 Å². The van der Waals surface area contributed by atoms with Crippen LogP contribution in [0.15, 0.2) is 0 Å². The molecule has 1 rings (SSSR count). The molecule has 3 nitrogen and oxygen atoms in total. The summed E-state index contributed by atoms with van der Waals surface area (Å²) >= 11 is 0. The average molecular weight is 198 g/mol. The van der Waals surface area contributed by atoms with E-state index in [1.54, 1.807) is 13.8 Å². The first-order chi connectivity index (χ1) is 6.41. The predicted octanol–water partition coefficient (Wildman–Crippen LogP) is 1.28. The number of hydrogen-bond acceptors (Lipinski definition) is 2. The third-order valence-electron chi connectivity index (χ3n) is 3.15. The van der Waals surface area contributed by atoms with E-state index in [0.29, 0.717) is 5.92 Å². The first kappa shape index (κ1) is 11.5. The Hall–Kier alpha value is -0.570. The van der Waals surface area contributed by atoms with E-state index in [0.717, 1.165) is 12.5 Å². The van der Waals surface area contributed by atoms with Gasteiger partial charge in [-0.3, -0.25) is 4.79 Å². The zero-order valence-electron chi connectivity index (χ0n) is 9.47. The molecule has 1 aliphatic rings. The molecule has 3 heteroatoms. The molecule has 0 bridgehead atoms. The van der Waals surface area contributed by atoms with Gasteiger partial charge in [0, 0.05) is 6.54 Å². The van der Waals surface area contributed by atoms with Crippen LogP contribution in [0.1, 0.15) is 40.0 Å². The van der Waals surface area contributed by atoms with Gasteiger partial charge in [0.1, 0.15) is 0 Å². The minimum atomic E-state index is -0.748. The third kappa shape index (κ3) is 2.98. The second-order valence-electron chi connectivity index (χ2n) is 5.10. The van der Waals surface area contributed by atoms with Gasteiger partial charge in [-0.25, -0.2) is 0 Å². The molecule has 3 N–H and O–H groups in total. The van der Waals surface area contributed by atoms with Crippen molar-refractivity contribution < 1.29 is 4.79 Å². The van der Waals surface area contributed by atoms with Crippen LogP contribution < -0.4 is 11.1 Å². The minimum absolute atomic E-state index is 0.0448. The second-order valence-corrected chi connectivity index (χ2v) is 5.10. The Morgan fingerprint density at radius 2 is 2.14 bits per heavy atom. The lowest BCUT2D eigenvalue weighted by molar-refractivity contribution is -0.125. The SMILES string of the molecule is CC1CCCC1CNC(=O)C(C)(C)N. The summed E-state index contributed by atoms with van der Waals surface area (Å²) in [7, 11) is 0. The quantitative estimate of drug-likeness (QED) is 0.717. The van der Waals surface area contributed by atoms with Gasteiger partial charge in [-0.2, -0.15) is 0 Å². The van der Waals surface area contributed by atoms with Gasteiger partial charge in [0.15, 0.2) is 0 Å². The fourth-order valence-corrected chi connectivity index (χ4v) is 1.98. The number of amides is 1. The van der Waals surface area contributed by atoms with E-state index in [9.17, 15) is 4.79 Å². The second kappa shape index (κ2) is 4.30. The summed E-state index contributed by atoms with van der Waals surface area (Å²) < 4.78 is 0. The predicted molar refractivity (Wildman–Crippen MR) is 57.8 cm³/mol. The van der Waals surface area contributed by atoms with Gasteiger partial charge in [-0.1, -0.05) is 19.8 Å². The van der Waals surface area contributed by atoms with Crippen molar-refractivity contribution in [1.29, 1.82) is 0 Å². The first-order valence-electron chi connectivity index (χ1n) is 5.48. The van der Waals surface area contributed by atoms with Crippen LogP contribution in [0.2, 0.25) is 0 Å². The van der Waals surface area contributed by atoms with E-state index in [2.05, 4.69) is 12.2 Å². The molecule has 1 saturated carbocycles. The van der Waals surface area contributed by atoms with Crippen molar-refractivity contribution in [2.45, 2.75) is 45.6 Å². The first-order valence-corrected chi connectivity index (χ1v) is 5.48. The van der Waals surface area contributed by atoms with Crippen molar-refractivity contribution in [1.82, 2.24) is 5.32 Å². The molecule has 1 aliphatic carbocycles. The maximum absolute atomic E-state index is 11.5. The standard InChI is InChI=1S/C11H22N2O/c1-8-5-4-6-9(8)7-13-10(14)11(2,3)12/h8-9H,4-7,12H2,1-3H3,(H,13,14). The fourth-order valence-electron chi connectivity index (χ4n) is 1.98. The number of nitrogens with two attached hydrogens (primary N) is 1. The summed E-state index contributed by atoms with van der Waals surface area (Å²) in [6.07, 6.45) is 3.84. The molecule has 0 radical (unpaired) electrons. The lowest BCUT2D eigenvalue weighted by Crippen LogP contribution is -2.50. The van der Waals surface area contributed by atoms with E-state index in [1.807, 2.05) is 0 Å². The summed E-state index contributed by atoms with van der Waals surface area (Å²) in [5.41, 5.74) is 4.94. The summed E-state index contributed by atoms with van der Waals surface area (Å²) in [4.78, 5) is 11.5. The van der Waals surface area contributed by atoms with Crippen molar-refractivity contribution in [3.8, 4) is 0 Å². The van der Waals surface area contributed by atoms with E-state index in [1.165, 1.54) is 19.3 Å². The van der Waals surface area contributed by atoms with Gasteiger partial charge in [0.25, 0.3) is 0 Å². The zero-order chi connectivity index (χ0) is 10.8. The van der Waals surface area contributed by atoms with Crippen LogP contribution in [0.4, 0.5) is 0 Å². The molecule has 1 fully saturated rings. The van der Waals surface area contributed by atoms with Crippen LogP contribution in [0.25, 0.3) is 0 Å². The average Bonchev–Trinajstić information content (AvgIpc) is 2.45. The molecule has 0 spiro atoms. The van der Waals surface area contributed by atoms with Crippen molar-refractivity contribution in [3.63, 3.8) is 0 Å². The summed E-state index contributed by atoms with van der Waals surface area (Å²) in [5.74, 6) is 1.36. The Kier molecular flexibility index (Phi) is 3.53. The highest BCUT2D eigenvalue weighted by molar-refractivity contribution is 5.84. The molecule has 0 aromatic carbocycles. The van der Waals surface area contributed by atoms with Crippen molar-refractivity contribution in [2.75, 3.05) is 6.54 Å². The van der Waals surface area contributed by atoms with Crippen LogP contribution in [0.3, 0.4) is 0 Å². The normalized spacial score (nSPS) is 27.7. The van der Waals surface area contributed by atoms with Gasteiger partial charge in [0.2, 0.25) is 5.91 Å². The lowest BCUT2D eigenvalue weighted by atomic mass is 9.97. The Morgan fingerprint density at radius 1 is 1.50 bits per heavy atom. The monoisotopic (exact) mass is 198 g/mol. The summed E-state index contributed by atoms with van der Waals surface area (Å²) in [5, 5.41) is 2.93.